The van der Waals surface area contributed by atoms with Crippen LogP contribution in [-0.4, -0.2) is 53.9 Å². The first-order valence-corrected chi connectivity index (χ1v) is 9.33. The van der Waals surface area contributed by atoms with E-state index in [-0.39, 0.29) is 17.6 Å². The van der Waals surface area contributed by atoms with Gasteiger partial charge in [-0.25, -0.2) is 0 Å². The quantitative estimate of drug-likeness (QED) is 0.609. The van der Waals surface area contributed by atoms with Gasteiger partial charge >= 0.3 is 0 Å². The zero-order chi connectivity index (χ0) is 20.1. The molecule has 0 bridgehead atoms. The number of anilines is 1. The second kappa shape index (κ2) is 8.79. The zero-order valence-electron chi connectivity index (χ0n) is 16.2. The van der Waals surface area contributed by atoms with Gasteiger partial charge in [0.25, 0.3) is 11.6 Å². The highest BCUT2D eigenvalue weighted by molar-refractivity contribution is 6.00. The number of rotatable bonds is 6. The molecule has 0 atom stereocenters. The number of nitro groups is 1. The largest absolute Gasteiger partial charge is 0.377 e. The van der Waals surface area contributed by atoms with Gasteiger partial charge < -0.3 is 10.2 Å². The molecule has 2 heterocycles. The van der Waals surface area contributed by atoms with Gasteiger partial charge in [0.2, 0.25) is 0 Å². The molecule has 1 aromatic heterocycles. The Morgan fingerprint density at radius 2 is 2.04 bits per heavy atom. The van der Waals surface area contributed by atoms with Gasteiger partial charge in [-0.15, -0.1) is 0 Å². The van der Waals surface area contributed by atoms with Gasteiger partial charge in [-0.2, -0.15) is 0 Å². The number of nitrogens with one attached hydrogen (secondary N) is 1. The SMILES string of the molecule is CN(C)c1ccc([N+](=O)[O-])cc1C(=O)NC1CCN(Cc2ccccn2)CC1. The van der Waals surface area contributed by atoms with Crippen molar-refractivity contribution in [3.05, 3.63) is 64.0 Å². The average Bonchev–Trinajstić information content (AvgIpc) is 2.69. The van der Waals surface area contributed by atoms with Gasteiger partial charge in [-0.3, -0.25) is 24.8 Å². The topological polar surface area (TPSA) is 91.6 Å². The summed E-state index contributed by atoms with van der Waals surface area (Å²) in [6.07, 6.45) is 3.47. The number of aromatic nitrogens is 1. The Labute approximate surface area is 164 Å². The van der Waals surface area contributed by atoms with Crippen LogP contribution in [0, 0.1) is 10.1 Å². The smallest absolute Gasteiger partial charge is 0.270 e. The predicted octanol–water partition coefficient (Wildman–Crippen LogP) is 2.45. The summed E-state index contributed by atoms with van der Waals surface area (Å²) >= 11 is 0. The minimum absolute atomic E-state index is 0.0572. The number of non-ortho nitro benzene ring substituents is 1. The Hall–Kier alpha value is -3.00. The van der Waals surface area contributed by atoms with Gasteiger partial charge in [0.15, 0.2) is 0 Å². The summed E-state index contributed by atoms with van der Waals surface area (Å²) in [5.41, 5.74) is 1.95. The van der Waals surface area contributed by atoms with E-state index in [2.05, 4.69) is 15.2 Å². The van der Waals surface area contributed by atoms with E-state index in [4.69, 9.17) is 0 Å². The molecular formula is C20H25N5O3. The van der Waals surface area contributed by atoms with Crippen LogP contribution in [0.25, 0.3) is 0 Å². The molecule has 0 spiro atoms. The van der Waals surface area contributed by atoms with Gasteiger partial charge in [-0.1, -0.05) is 6.07 Å². The molecule has 1 saturated heterocycles. The lowest BCUT2D eigenvalue weighted by Gasteiger charge is -2.32. The number of hydrogen-bond acceptors (Lipinski definition) is 6. The number of carbonyl (C=O) groups excluding carboxylic acids is 1. The fourth-order valence-electron chi connectivity index (χ4n) is 3.43. The van der Waals surface area contributed by atoms with Crippen molar-refractivity contribution in [3.63, 3.8) is 0 Å². The van der Waals surface area contributed by atoms with Crippen molar-refractivity contribution in [2.75, 3.05) is 32.1 Å². The van der Waals surface area contributed by atoms with Crippen LogP contribution in [0.3, 0.4) is 0 Å². The van der Waals surface area contributed by atoms with Crippen molar-refractivity contribution in [1.29, 1.82) is 0 Å². The lowest BCUT2D eigenvalue weighted by Crippen LogP contribution is -2.44. The number of hydrogen-bond donors (Lipinski definition) is 1. The second-order valence-electron chi connectivity index (χ2n) is 7.20. The number of benzene rings is 1. The Balaban J connectivity index is 1.61. The fraction of sp³-hybridized carbons (Fsp3) is 0.400. The molecule has 3 rings (SSSR count). The van der Waals surface area contributed by atoms with Gasteiger partial charge in [0.1, 0.15) is 0 Å². The highest BCUT2D eigenvalue weighted by Crippen LogP contribution is 2.25. The first-order chi connectivity index (χ1) is 13.4. The van der Waals surface area contributed by atoms with E-state index in [1.807, 2.05) is 32.3 Å². The Kier molecular flexibility index (Phi) is 6.20. The van der Waals surface area contributed by atoms with Crippen LogP contribution in [0.5, 0.6) is 0 Å². The maximum Gasteiger partial charge on any atom is 0.270 e. The Bertz CT molecular complexity index is 833. The highest BCUT2D eigenvalue weighted by atomic mass is 16.6. The van der Waals surface area contributed by atoms with Crippen molar-refractivity contribution in [2.24, 2.45) is 0 Å². The zero-order valence-corrected chi connectivity index (χ0v) is 16.2. The second-order valence-corrected chi connectivity index (χ2v) is 7.20. The van der Waals surface area contributed by atoms with Gasteiger partial charge in [0.05, 0.1) is 16.2 Å². The molecule has 28 heavy (non-hydrogen) atoms. The molecule has 148 valence electrons. The summed E-state index contributed by atoms with van der Waals surface area (Å²) in [5.74, 6) is -0.268. The van der Waals surface area contributed by atoms with E-state index in [9.17, 15) is 14.9 Å². The van der Waals surface area contributed by atoms with Crippen molar-refractivity contribution in [1.82, 2.24) is 15.2 Å². The number of pyridine rings is 1. The summed E-state index contributed by atoms with van der Waals surface area (Å²) in [6, 6.07) is 10.3. The summed E-state index contributed by atoms with van der Waals surface area (Å²) in [7, 11) is 3.63. The number of nitro benzene ring substituents is 1. The first-order valence-electron chi connectivity index (χ1n) is 9.33. The molecule has 1 aromatic carbocycles. The summed E-state index contributed by atoms with van der Waals surface area (Å²) in [6.45, 7) is 2.55. The number of piperidine rings is 1. The first kappa shape index (κ1) is 19.8. The Morgan fingerprint density at radius 3 is 2.64 bits per heavy atom. The maximum absolute atomic E-state index is 12.8. The van der Waals surface area contributed by atoms with Crippen LogP contribution >= 0.6 is 0 Å². The molecule has 0 unspecified atom stereocenters. The molecule has 1 N–H and O–H groups in total. The summed E-state index contributed by atoms with van der Waals surface area (Å²) in [5, 5.41) is 14.1. The molecule has 8 nitrogen and oxygen atoms in total. The van der Waals surface area contributed by atoms with Crippen LogP contribution in [-0.2, 0) is 6.54 Å². The number of likely N-dealkylation sites (tertiary alicyclic amines) is 1. The molecule has 1 amide bonds. The molecule has 1 fully saturated rings. The van der Waals surface area contributed by atoms with E-state index in [1.54, 1.807) is 17.2 Å². The van der Waals surface area contributed by atoms with Crippen molar-refractivity contribution >= 4 is 17.3 Å². The summed E-state index contributed by atoms with van der Waals surface area (Å²) < 4.78 is 0. The molecule has 0 aliphatic carbocycles. The molecule has 0 radical (unpaired) electrons. The molecule has 1 aliphatic heterocycles. The number of nitrogens with zero attached hydrogens (tertiary/aromatic N) is 4. The predicted molar refractivity (Wildman–Crippen MR) is 107 cm³/mol. The van der Waals surface area contributed by atoms with E-state index in [1.165, 1.54) is 12.1 Å². The standard InChI is InChI=1S/C20H25N5O3/c1-23(2)19-7-6-17(25(27)28)13-18(19)20(26)22-15-8-11-24(12-9-15)14-16-5-3-4-10-21-16/h3-7,10,13,15H,8-9,11-12,14H2,1-2H3,(H,22,26). The average molecular weight is 383 g/mol. The monoisotopic (exact) mass is 383 g/mol. The highest BCUT2D eigenvalue weighted by Gasteiger charge is 2.24. The van der Waals surface area contributed by atoms with Crippen LogP contribution in [0.15, 0.2) is 42.6 Å². The third-order valence-electron chi connectivity index (χ3n) is 4.95. The van der Waals surface area contributed by atoms with Crippen LogP contribution in [0.4, 0.5) is 11.4 Å². The minimum atomic E-state index is -0.480. The van der Waals surface area contributed by atoms with E-state index >= 15 is 0 Å². The van der Waals surface area contributed by atoms with Crippen molar-refractivity contribution in [3.8, 4) is 0 Å². The maximum atomic E-state index is 12.8. The molecule has 2 aromatic rings. The fourth-order valence-corrected chi connectivity index (χ4v) is 3.43. The number of amides is 1. The lowest BCUT2D eigenvalue weighted by molar-refractivity contribution is -0.384. The molecule has 1 aliphatic rings. The molecular weight excluding hydrogens is 358 g/mol. The van der Waals surface area contributed by atoms with Crippen LogP contribution in [0.2, 0.25) is 0 Å². The van der Waals surface area contributed by atoms with Gasteiger partial charge in [-0.05, 0) is 31.0 Å². The van der Waals surface area contributed by atoms with E-state index < -0.39 is 4.92 Å². The van der Waals surface area contributed by atoms with Crippen LogP contribution in [0.1, 0.15) is 28.9 Å². The molecule has 0 saturated carbocycles. The Morgan fingerprint density at radius 1 is 1.29 bits per heavy atom. The minimum Gasteiger partial charge on any atom is -0.377 e. The third kappa shape index (κ3) is 4.83. The van der Waals surface area contributed by atoms with E-state index in [0.29, 0.717) is 11.3 Å². The lowest BCUT2D eigenvalue weighted by atomic mass is 10.0. The summed E-state index contributed by atoms with van der Waals surface area (Å²) in [4.78, 5) is 31.9. The molecule has 8 heteroatoms. The van der Waals surface area contributed by atoms with Gasteiger partial charge in [0, 0.05) is 63.8 Å². The van der Waals surface area contributed by atoms with Crippen LogP contribution < -0.4 is 10.2 Å². The van der Waals surface area contributed by atoms with E-state index in [0.717, 1.165) is 38.2 Å². The van der Waals surface area contributed by atoms with Crippen molar-refractivity contribution in [2.45, 2.75) is 25.4 Å². The van der Waals surface area contributed by atoms with Crippen molar-refractivity contribution < 1.29 is 9.72 Å². The third-order valence-corrected chi connectivity index (χ3v) is 4.95. The number of carbonyl (C=O) groups is 1. The normalized spacial score (nSPS) is 15.2.